The van der Waals surface area contributed by atoms with E-state index in [1.165, 1.54) is 31.9 Å². The van der Waals surface area contributed by atoms with Crippen LogP contribution in [0.4, 0.5) is 0 Å². The van der Waals surface area contributed by atoms with Crippen LogP contribution in [0.2, 0.25) is 0 Å². The van der Waals surface area contributed by atoms with Gasteiger partial charge in [-0.3, -0.25) is 4.79 Å². The summed E-state index contributed by atoms with van der Waals surface area (Å²) in [6.45, 7) is 0. The van der Waals surface area contributed by atoms with Gasteiger partial charge in [0.05, 0.1) is 20.1 Å². The topological polar surface area (TPSA) is 35.5 Å². The van der Waals surface area contributed by atoms with E-state index >= 15 is 0 Å². The Morgan fingerprint density at radius 1 is 1.05 bits per heavy atom. The number of ether oxygens (including phenoxy) is 2. The first-order valence-electron chi connectivity index (χ1n) is 8.37. The van der Waals surface area contributed by atoms with Gasteiger partial charge >= 0.3 is 5.97 Å². The van der Waals surface area contributed by atoms with Crippen molar-refractivity contribution >= 4 is 5.97 Å². The first kappa shape index (κ1) is 14.1. The lowest BCUT2D eigenvalue weighted by molar-refractivity contribution is -0.161. The van der Waals surface area contributed by atoms with E-state index in [2.05, 4.69) is 24.3 Å². The third-order valence-electron chi connectivity index (χ3n) is 6.45. The van der Waals surface area contributed by atoms with Crippen LogP contribution in [0.5, 0.6) is 5.75 Å². The van der Waals surface area contributed by atoms with Crippen LogP contribution in [0.15, 0.2) is 24.3 Å². The molecule has 3 heteroatoms. The van der Waals surface area contributed by atoms with Crippen molar-refractivity contribution in [3.8, 4) is 5.75 Å². The van der Waals surface area contributed by atoms with Crippen molar-refractivity contribution in [2.75, 3.05) is 14.2 Å². The average Bonchev–Trinajstić information content (AvgIpc) is 2.53. The van der Waals surface area contributed by atoms with Crippen LogP contribution in [0.3, 0.4) is 0 Å². The summed E-state index contributed by atoms with van der Waals surface area (Å²) in [5, 5.41) is 0. The Morgan fingerprint density at radius 3 is 2.23 bits per heavy atom. The summed E-state index contributed by atoms with van der Waals surface area (Å²) in [5.41, 5.74) is 1.73. The molecule has 0 aliphatic heterocycles. The van der Waals surface area contributed by atoms with Gasteiger partial charge in [0.15, 0.2) is 0 Å². The van der Waals surface area contributed by atoms with Gasteiger partial charge in [0, 0.05) is 0 Å². The molecule has 3 nitrogen and oxygen atoms in total. The lowest BCUT2D eigenvalue weighted by Crippen LogP contribution is -2.55. The fraction of sp³-hybridized carbons (Fsp3) is 0.632. The van der Waals surface area contributed by atoms with E-state index in [1.807, 2.05) is 0 Å². The molecule has 4 fully saturated rings. The smallest absolute Gasteiger partial charge is 0.309 e. The number of methoxy groups -OCH3 is 2. The van der Waals surface area contributed by atoms with E-state index in [0.717, 1.165) is 24.5 Å². The van der Waals surface area contributed by atoms with E-state index in [4.69, 9.17) is 9.47 Å². The Balaban J connectivity index is 1.66. The fourth-order valence-corrected chi connectivity index (χ4v) is 5.84. The minimum Gasteiger partial charge on any atom is -0.497 e. The molecule has 0 heterocycles. The molecule has 4 aliphatic rings. The molecular weight excluding hydrogens is 276 g/mol. The monoisotopic (exact) mass is 300 g/mol. The second-order valence-corrected chi connectivity index (χ2v) is 7.53. The molecule has 22 heavy (non-hydrogen) atoms. The largest absolute Gasteiger partial charge is 0.497 e. The molecule has 0 amide bonds. The van der Waals surface area contributed by atoms with Crippen LogP contribution < -0.4 is 4.74 Å². The molecule has 0 radical (unpaired) electrons. The summed E-state index contributed by atoms with van der Waals surface area (Å²) in [4.78, 5) is 12.2. The maximum absolute atomic E-state index is 12.2. The van der Waals surface area contributed by atoms with Gasteiger partial charge in [-0.25, -0.2) is 0 Å². The summed E-state index contributed by atoms with van der Waals surface area (Å²) in [6.07, 6.45) is 6.01. The number of rotatable bonds is 3. The molecular formula is C19H24O3. The highest BCUT2D eigenvalue weighted by Gasteiger charge is 2.57. The zero-order valence-electron chi connectivity index (χ0n) is 13.4. The molecule has 0 saturated heterocycles. The second-order valence-electron chi connectivity index (χ2n) is 7.53. The van der Waals surface area contributed by atoms with Gasteiger partial charge in [0.2, 0.25) is 0 Å². The summed E-state index contributed by atoms with van der Waals surface area (Å²) in [6, 6.07) is 8.62. The SMILES string of the molecule is COC(=O)C1[C@@H]2CC3C[C@H]1CC(c1ccc(OC)cc1)(C3)C2. The quantitative estimate of drug-likeness (QED) is 0.801. The van der Waals surface area contributed by atoms with Gasteiger partial charge in [-0.2, -0.15) is 0 Å². The van der Waals surface area contributed by atoms with Crippen LogP contribution >= 0.6 is 0 Å². The van der Waals surface area contributed by atoms with E-state index in [1.54, 1.807) is 7.11 Å². The number of carbonyl (C=O) groups excluding carboxylic acids is 1. The lowest BCUT2D eigenvalue weighted by atomic mass is 9.45. The van der Waals surface area contributed by atoms with Gasteiger partial charge in [-0.15, -0.1) is 0 Å². The van der Waals surface area contributed by atoms with Crippen LogP contribution in [0, 0.1) is 23.7 Å². The lowest BCUT2D eigenvalue weighted by Gasteiger charge is -2.59. The molecule has 3 unspecified atom stereocenters. The molecule has 4 aliphatic carbocycles. The molecule has 4 bridgehead atoms. The average molecular weight is 300 g/mol. The molecule has 0 aromatic heterocycles. The van der Waals surface area contributed by atoms with Crippen LogP contribution in [-0.2, 0) is 14.9 Å². The van der Waals surface area contributed by atoms with Gasteiger partial charge in [0.25, 0.3) is 0 Å². The first-order valence-corrected chi connectivity index (χ1v) is 8.37. The molecule has 4 saturated carbocycles. The van der Waals surface area contributed by atoms with E-state index < -0.39 is 0 Å². The summed E-state index contributed by atoms with van der Waals surface area (Å²) in [5.74, 6) is 2.91. The van der Waals surface area contributed by atoms with Crippen molar-refractivity contribution in [2.24, 2.45) is 23.7 Å². The number of hydrogen-bond acceptors (Lipinski definition) is 3. The molecule has 5 atom stereocenters. The van der Waals surface area contributed by atoms with Gasteiger partial charge < -0.3 is 9.47 Å². The molecule has 0 spiro atoms. The zero-order valence-corrected chi connectivity index (χ0v) is 13.4. The predicted molar refractivity (Wildman–Crippen MR) is 83.7 cm³/mol. The normalized spacial score (nSPS) is 38.8. The van der Waals surface area contributed by atoms with Crippen molar-refractivity contribution in [2.45, 2.75) is 37.5 Å². The first-order chi connectivity index (χ1) is 10.6. The molecule has 1 aromatic carbocycles. The molecule has 0 N–H and O–H groups in total. The van der Waals surface area contributed by atoms with Crippen molar-refractivity contribution in [1.29, 1.82) is 0 Å². The molecule has 1 aromatic rings. The van der Waals surface area contributed by atoms with Crippen molar-refractivity contribution in [3.05, 3.63) is 29.8 Å². The Labute approximate surface area is 132 Å². The Hall–Kier alpha value is -1.51. The van der Waals surface area contributed by atoms with Crippen molar-refractivity contribution < 1.29 is 14.3 Å². The van der Waals surface area contributed by atoms with Crippen molar-refractivity contribution in [3.63, 3.8) is 0 Å². The standard InChI is InChI=1S/C19H24O3/c1-21-16-5-3-15(4-6-16)19-9-12-7-13(10-19)17(18(20)22-2)14(8-12)11-19/h3-6,12-14,17H,7-11H2,1-2H3/t12?,13-,14+,17?,19?. The van der Waals surface area contributed by atoms with Crippen LogP contribution in [0.1, 0.15) is 37.7 Å². The van der Waals surface area contributed by atoms with E-state index in [0.29, 0.717) is 11.8 Å². The Morgan fingerprint density at radius 2 is 1.68 bits per heavy atom. The minimum absolute atomic E-state index is 0.0266. The number of benzene rings is 1. The highest BCUT2D eigenvalue weighted by Crippen LogP contribution is 2.63. The zero-order chi connectivity index (χ0) is 15.3. The molecule has 118 valence electrons. The maximum atomic E-state index is 12.2. The Kier molecular flexibility index (Phi) is 3.21. The Bertz CT molecular complexity index is 561. The maximum Gasteiger partial charge on any atom is 0.309 e. The minimum atomic E-state index is 0.0266. The third kappa shape index (κ3) is 1.98. The third-order valence-corrected chi connectivity index (χ3v) is 6.45. The number of carbonyl (C=O) groups is 1. The summed E-state index contributed by atoms with van der Waals surface area (Å²) >= 11 is 0. The highest BCUT2D eigenvalue weighted by molar-refractivity contribution is 5.73. The summed E-state index contributed by atoms with van der Waals surface area (Å²) in [7, 11) is 3.24. The number of esters is 1. The number of hydrogen-bond donors (Lipinski definition) is 0. The summed E-state index contributed by atoms with van der Waals surface area (Å²) < 4.78 is 10.4. The van der Waals surface area contributed by atoms with Crippen LogP contribution in [-0.4, -0.2) is 20.2 Å². The van der Waals surface area contributed by atoms with Crippen molar-refractivity contribution in [1.82, 2.24) is 0 Å². The fourth-order valence-electron chi connectivity index (χ4n) is 5.84. The van der Waals surface area contributed by atoms with E-state index in [-0.39, 0.29) is 17.3 Å². The highest BCUT2D eigenvalue weighted by atomic mass is 16.5. The van der Waals surface area contributed by atoms with Crippen LogP contribution in [0.25, 0.3) is 0 Å². The molecule has 5 rings (SSSR count). The predicted octanol–water partition coefficient (Wildman–Crippen LogP) is 3.56. The van der Waals surface area contributed by atoms with E-state index in [9.17, 15) is 4.79 Å². The van der Waals surface area contributed by atoms with Gasteiger partial charge in [-0.1, -0.05) is 12.1 Å². The van der Waals surface area contributed by atoms with Gasteiger partial charge in [0.1, 0.15) is 5.75 Å². The van der Waals surface area contributed by atoms with Gasteiger partial charge in [-0.05, 0) is 73.0 Å². The second kappa shape index (κ2) is 5.00.